The van der Waals surface area contributed by atoms with Gasteiger partial charge in [-0.3, -0.25) is 0 Å². The first kappa shape index (κ1) is 12.6. The van der Waals surface area contributed by atoms with Crippen LogP contribution in [0.5, 0.6) is 0 Å². The van der Waals surface area contributed by atoms with Gasteiger partial charge in [-0.05, 0) is 48.9 Å². The number of fused-ring (bicyclic) bond motifs is 1. The molecule has 1 aromatic heterocycles. The second-order valence-electron chi connectivity index (χ2n) is 4.27. The number of aryl methyl sites for hydroxylation is 1. The lowest BCUT2D eigenvalue weighted by atomic mass is 10.2. The number of hydrogen-bond donors (Lipinski definition) is 1. The third-order valence-electron chi connectivity index (χ3n) is 2.64. The Kier molecular flexibility index (Phi) is 3.24. The van der Waals surface area contributed by atoms with Crippen LogP contribution >= 0.6 is 27.3 Å². The molecule has 0 spiro atoms. The largest absolute Gasteiger partial charge is 0.331 e. The van der Waals surface area contributed by atoms with E-state index in [1.165, 1.54) is 12.1 Å². The van der Waals surface area contributed by atoms with E-state index in [9.17, 15) is 4.39 Å². The van der Waals surface area contributed by atoms with E-state index < -0.39 is 0 Å². The predicted molar refractivity (Wildman–Crippen MR) is 81.7 cm³/mol. The summed E-state index contributed by atoms with van der Waals surface area (Å²) in [7, 11) is 0. The number of anilines is 2. The van der Waals surface area contributed by atoms with E-state index in [1.54, 1.807) is 11.3 Å². The summed E-state index contributed by atoms with van der Waals surface area (Å²) in [5, 5.41) is 3.91. The SMILES string of the molecule is Cc1cc(F)cc(Nc2nc3ccc(Br)cc3s2)c1. The zero-order chi connectivity index (χ0) is 13.4. The lowest BCUT2D eigenvalue weighted by molar-refractivity contribution is 0.627. The monoisotopic (exact) mass is 336 g/mol. The number of benzene rings is 2. The van der Waals surface area contributed by atoms with Gasteiger partial charge in [-0.1, -0.05) is 27.3 Å². The Morgan fingerprint density at radius 3 is 2.84 bits per heavy atom. The number of nitrogens with zero attached hydrogens (tertiary/aromatic N) is 1. The van der Waals surface area contributed by atoms with Crippen LogP contribution in [0.4, 0.5) is 15.2 Å². The van der Waals surface area contributed by atoms with Gasteiger partial charge in [-0.25, -0.2) is 9.37 Å². The summed E-state index contributed by atoms with van der Waals surface area (Å²) in [6.07, 6.45) is 0. The molecule has 0 aliphatic heterocycles. The number of hydrogen-bond acceptors (Lipinski definition) is 3. The summed E-state index contributed by atoms with van der Waals surface area (Å²) in [5.74, 6) is -0.244. The van der Waals surface area contributed by atoms with Gasteiger partial charge in [0.05, 0.1) is 10.2 Å². The van der Waals surface area contributed by atoms with Gasteiger partial charge in [0, 0.05) is 10.2 Å². The highest BCUT2D eigenvalue weighted by molar-refractivity contribution is 9.10. The topological polar surface area (TPSA) is 24.9 Å². The van der Waals surface area contributed by atoms with Crippen LogP contribution in [-0.4, -0.2) is 4.98 Å². The Labute approximate surface area is 122 Å². The highest BCUT2D eigenvalue weighted by Gasteiger charge is 2.05. The van der Waals surface area contributed by atoms with Gasteiger partial charge < -0.3 is 5.32 Å². The van der Waals surface area contributed by atoms with Crippen LogP contribution < -0.4 is 5.32 Å². The lowest BCUT2D eigenvalue weighted by Crippen LogP contribution is -1.91. The van der Waals surface area contributed by atoms with E-state index in [1.807, 2.05) is 31.2 Å². The first-order valence-corrected chi connectivity index (χ1v) is 7.31. The van der Waals surface area contributed by atoms with Gasteiger partial charge in [-0.2, -0.15) is 0 Å². The predicted octanol–water partition coefficient (Wildman–Crippen LogP) is 5.25. The summed E-state index contributed by atoms with van der Waals surface area (Å²) in [6, 6.07) is 10.8. The quantitative estimate of drug-likeness (QED) is 0.691. The molecular weight excluding hydrogens is 327 g/mol. The third kappa shape index (κ3) is 2.77. The average molecular weight is 337 g/mol. The molecule has 0 radical (unpaired) electrons. The van der Waals surface area contributed by atoms with Crippen LogP contribution in [0, 0.1) is 12.7 Å². The van der Waals surface area contributed by atoms with E-state index in [-0.39, 0.29) is 5.82 Å². The van der Waals surface area contributed by atoms with Crippen LogP contribution in [0.1, 0.15) is 5.56 Å². The van der Waals surface area contributed by atoms with E-state index >= 15 is 0 Å². The van der Waals surface area contributed by atoms with E-state index in [0.717, 1.165) is 31.1 Å². The average Bonchev–Trinajstić information content (AvgIpc) is 2.68. The number of halogens is 2. The number of thiazole rings is 1. The van der Waals surface area contributed by atoms with Crippen molar-refractivity contribution in [2.45, 2.75) is 6.92 Å². The molecule has 0 saturated heterocycles. The Morgan fingerprint density at radius 2 is 2.05 bits per heavy atom. The summed E-state index contributed by atoms with van der Waals surface area (Å²) in [5.41, 5.74) is 2.53. The normalized spacial score (nSPS) is 10.9. The van der Waals surface area contributed by atoms with Crippen molar-refractivity contribution < 1.29 is 4.39 Å². The number of nitrogens with one attached hydrogen (secondary N) is 1. The minimum absolute atomic E-state index is 0.244. The molecule has 3 aromatic rings. The Bertz CT molecular complexity index is 734. The molecule has 2 aromatic carbocycles. The Hall–Kier alpha value is -1.46. The second kappa shape index (κ2) is 4.90. The molecule has 1 N–H and O–H groups in total. The van der Waals surface area contributed by atoms with Gasteiger partial charge in [0.2, 0.25) is 0 Å². The molecule has 0 fully saturated rings. The van der Waals surface area contributed by atoms with Crippen LogP contribution in [0.15, 0.2) is 40.9 Å². The van der Waals surface area contributed by atoms with Gasteiger partial charge in [0.25, 0.3) is 0 Å². The van der Waals surface area contributed by atoms with Crippen molar-refractivity contribution in [1.82, 2.24) is 4.98 Å². The smallest absolute Gasteiger partial charge is 0.188 e. The van der Waals surface area contributed by atoms with Crippen LogP contribution in [0.2, 0.25) is 0 Å². The summed E-state index contributed by atoms with van der Waals surface area (Å²) in [4.78, 5) is 4.47. The molecule has 5 heteroatoms. The van der Waals surface area contributed by atoms with Gasteiger partial charge in [0.15, 0.2) is 5.13 Å². The molecule has 0 unspecified atom stereocenters. The van der Waals surface area contributed by atoms with Crippen molar-refractivity contribution >= 4 is 48.3 Å². The van der Waals surface area contributed by atoms with Crippen molar-refractivity contribution in [3.63, 3.8) is 0 Å². The summed E-state index contributed by atoms with van der Waals surface area (Å²) in [6.45, 7) is 1.86. The molecule has 3 rings (SSSR count). The Morgan fingerprint density at radius 1 is 1.21 bits per heavy atom. The third-order valence-corrected chi connectivity index (χ3v) is 4.07. The fourth-order valence-corrected chi connectivity index (χ4v) is 3.32. The number of aromatic nitrogens is 1. The molecule has 2 nitrogen and oxygen atoms in total. The molecule has 0 bridgehead atoms. The molecule has 96 valence electrons. The first-order chi connectivity index (χ1) is 9.10. The van der Waals surface area contributed by atoms with E-state index in [0.29, 0.717) is 0 Å². The fourth-order valence-electron chi connectivity index (χ4n) is 1.88. The molecule has 0 atom stereocenters. The van der Waals surface area contributed by atoms with Crippen LogP contribution in [-0.2, 0) is 0 Å². The zero-order valence-corrected chi connectivity index (χ0v) is 12.5. The van der Waals surface area contributed by atoms with Crippen molar-refractivity contribution in [3.05, 3.63) is 52.3 Å². The molecule has 19 heavy (non-hydrogen) atoms. The van der Waals surface area contributed by atoms with Crippen molar-refractivity contribution in [1.29, 1.82) is 0 Å². The minimum atomic E-state index is -0.244. The maximum absolute atomic E-state index is 13.3. The van der Waals surface area contributed by atoms with Gasteiger partial charge in [0.1, 0.15) is 5.82 Å². The van der Waals surface area contributed by atoms with Gasteiger partial charge in [-0.15, -0.1) is 0 Å². The number of rotatable bonds is 2. The Balaban J connectivity index is 1.96. The van der Waals surface area contributed by atoms with Crippen LogP contribution in [0.25, 0.3) is 10.2 Å². The standard InChI is InChI=1S/C14H10BrFN2S/c1-8-4-10(16)7-11(5-8)17-14-18-12-3-2-9(15)6-13(12)19-14/h2-7H,1H3,(H,17,18). The van der Waals surface area contributed by atoms with E-state index in [2.05, 4.69) is 26.2 Å². The molecule has 0 aliphatic carbocycles. The van der Waals surface area contributed by atoms with Gasteiger partial charge >= 0.3 is 0 Å². The first-order valence-electron chi connectivity index (χ1n) is 5.70. The molecular formula is C14H10BrFN2S. The highest BCUT2D eigenvalue weighted by atomic mass is 79.9. The van der Waals surface area contributed by atoms with Crippen molar-refractivity contribution in [3.8, 4) is 0 Å². The summed E-state index contributed by atoms with van der Waals surface area (Å²) >= 11 is 4.98. The maximum atomic E-state index is 13.3. The zero-order valence-electron chi connectivity index (χ0n) is 10.1. The molecule has 0 saturated carbocycles. The fraction of sp³-hybridized carbons (Fsp3) is 0.0714. The molecule has 1 heterocycles. The lowest BCUT2D eigenvalue weighted by Gasteiger charge is -2.03. The highest BCUT2D eigenvalue weighted by Crippen LogP contribution is 2.30. The molecule has 0 aliphatic rings. The maximum Gasteiger partial charge on any atom is 0.188 e. The second-order valence-corrected chi connectivity index (χ2v) is 6.22. The van der Waals surface area contributed by atoms with Crippen molar-refractivity contribution in [2.24, 2.45) is 0 Å². The van der Waals surface area contributed by atoms with E-state index in [4.69, 9.17) is 0 Å². The summed E-state index contributed by atoms with van der Waals surface area (Å²) < 4.78 is 15.4. The minimum Gasteiger partial charge on any atom is -0.331 e. The van der Waals surface area contributed by atoms with Crippen molar-refractivity contribution in [2.75, 3.05) is 5.32 Å². The molecule has 0 amide bonds. The van der Waals surface area contributed by atoms with Crippen LogP contribution in [0.3, 0.4) is 0 Å².